The van der Waals surface area contributed by atoms with Gasteiger partial charge < -0.3 is 15.1 Å². The first-order chi connectivity index (χ1) is 14.8. The number of carboxylic acids is 1. The maximum absolute atomic E-state index is 12.9. The van der Waals surface area contributed by atoms with Crippen LogP contribution in [0.3, 0.4) is 0 Å². The van der Waals surface area contributed by atoms with Crippen LogP contribution >= 0.6 is 27.5 Å². The first-order valence-corrected chi connectivity index (χ1v) is 11.0. The van der Waals surface area contributed by atoms with Crippen LogP contribution in [0.5, 0.6) is 0 Å². The molecule has 0 radical (unpaired) electrons. The van der Waals surface area contributed by atoms with Gasteiger partial charge in [-0.15, -0.1) is 0 Å². The summed E-state index contributed by atoms with van der Waals surface area (Å²) in [6.07, 6.45) is 1.70. The number of nitrogens with zero attached hydrogens (tertiary/aromatic N) is 1. The minimum absolute atomic E-state index is 0.0279. The van der Waals surface area contributed by atoms with E-state index in [1.165, 1.54) is 4.90 Å². The molecule has 1 aliphatic rings. The molecule has 3 rings (SSSR count). The molecule has 1 atom stereocenters. The van der Waals surface area contributed by atoms with Crippen LogP contribution in [0.2, 0.25) is 5.02 Å². The fourth-order valence-electron chi connectivity index (χ4n) is 3.60. The molecule has 1 saturated heterocycles. The van der Waals surface area contributed by atoms with Crippen molar-refractivity contribution >= 4 is 50.9 Å². The second-order valence-corrected chi connectivity index (χ2v) is 8.61. The Balaban J connectivity index is 1.96. The lowest BCUT2D eigenvalue weighted by Crippen LogP contribution is -2.30. The molecule has 1 amide bonds. The molecule has 8 heteroatoms. The lowest BCUT2D eigenvalue weighted by atomic mass is 9.95. The summed E-state index contributed by atoms with van der Waals surface area (Å²) in [6, 6.07) is 12.9. The Bertz CT molecular complexity index is 1020. The van der Waals surface area contributed by atoms with E-state index in [0.717, 1.165) is 4.47 Å². The normalized spacial score (nSPS) is 17.9. The predicted octanol–water partition coefficient (Wildman–Crippen LogP) is 5.17. The highest BCUT2D eigenvalue weighted by atomic mass is 79.9. The first kappa shape index (κ1) is 23.0. The van der Waals surface area contributed by atoms with Crippen LogP contribution in [0.25, 0.3) is 5.76 Å². The molecule has 162 valence electrons. The molecule has 0 saturated carbocycles. The van der Waals surface area contributed by atoms with Gasteiger partial charge in [0.25, 0.3) is 11.7 Å². The Labute approximate surface area is 193 Å². The van der Waals surface area contributed by atoms with E-state index < -0.39 is 23.7 Å². The summed E-state index contributed by atoms with van der Waals surface area (Å²) in [5, 5.41) is 20.2. The van der Waals surface area contributed by atoms with E-state index in [1.807, 2.05) is 0 Å². The summed E-state index contributed by atoms with van der Waals surface area (Å²) in [5.41, 5.74) is 1.12. The van der Waals surface area contributed by atoms with Crippen molar-refractivity contribution in [3.05, 3.63) is 74.7 Å². The number of unbranched alkanes of at least 4 members (excludes halogenated alkanes) is 2. The van der Waals surface area contributed by atoms with Crippen molar-refractivity contribution < 1.29 is 24.6 Å². The molecule has 2 aromatic carbocycles. The van der Waals surface area contributed by atoms with Crippen LogP contribution in [0.1, 0.15) is 42.9 Å². The Hall–Kier alpha value is -2.64. The molecule has 6 nitrogen and oxygen atoms in total. The number of aliphatic hydroxyl groups is 1. The van der Waals surface area contributed by atoms with Crippen molar-refractivity contribution in [1.82, 2.24) is 4.90 Å². The highest BCUT2D eigenvalue weighted by Crippen LogP contribution is 2.40. The average molecular weight is 507 g/mol. The molecule has 0 bridgehead atoms. The molecule has 1 fully saturated rings. The number of carbonyl (C=O) groups excluding carboxylic acids is 2. The lowest BCUT2D eigenvalue weighted by molar-refractivity contribution is -0.140. The zero-order chi connectivity index (χ0) is 22.5. The standard InChI is InChI=1S/C23H21BrClNO5/c24-16-9-5-15(6-10-16)21(29)19-20(14-7-11-17(25)12-8-14)26(23(31)22(19)30)13-3-1-2-4-18(27)28/h5-12,20,29H,1-4,13H2,(H,27,28)/b21-19+/t20-/m1/s1. The van der Waals surface area contributed by atoms with Crippen LogP contribution in [0.4, 0.5) is 0 Å². The van der Waals surface area contributed by atoms with Gasteiger partial charge in [0.15, 0.2) is 0 Å². The fourth-order valence-corrected chi connectivity index (χ4v) is 3.99. The van der Waals surface area contributed by atoms with Gasteiger partial charge in [-0.25, -0.2) is 0 Å². The molecule has 2 N–H and O–H groups in total. The van der Waals surface area contributed by atoms with Crippen molar-refractivity contribution in [3.8, 4) is 0 Å². The number of benzene rings is 2. The number of rotatable bonds is 8. The molecule has 2 aromatic rings. The predicted molar refractivity (Wildman–Crippen MR) is 121 cm³/mol. The molecule has 1 heterocycles. The number of hydrogen-bond donors (Lipinski definition) is 2. The van der Waals surface area contributed by atoms with Gasteiger partial charge in [-0.2, -0.15) is 0 Å². The van der Waals surface area contributed by atoms with Gasteiger partial charge in [-0.1, -0.05) is 58.2 Å². The van der Waals surface area contributed by atoms with E-state index in [9.17, 15) is 19.5 Å². The molecule has 1 aliphatic heterocycles. The number of amides is 1. The zero-order valence-corrected chi connectivity index (χ0v) is 18.9. The van der Waals surface area contributed by atoms with Gasteiger partial charge in [0, 0.05) is 28.0 Å². The number of ketones is 1. The minimum Gasteiger partial charge on any atom is -0.507 e. The van der Waals surface area contributed by atoms with Crippen LogP contribution in [-0.2, 0) is 14.4 Å². The van der Waals surface area contributed by atoms with Crippen LogP contribution in [-0.4, -0.2) is 39.3 Å². The summed E-state index contributed by atoms with van der Waals surface area (Å²) in [6.45, 7) is 0.272. The van der Waals surface area contributed by atoms with E-state index in [1.54, 1.807) is 48.5 Å². The number of carbonyl (C=O) groups is 3. The van der Waals surface area contributed by atoms with Crippen LogP contribution < -0.4 is 0 Å². The van der Waals surface area contributed by atoms with Crippen molar-refractivity contribution in [2.45, 2.75) is 31.7 Å². The highest BCUT2D eigenvalue weighted by Gasteiger charge is 2.45. The molecular formula is C23H21BrClNO5. The van der Waals surface area contributed by atoms with Gasteiger partial charge >= 0.3 is 5.97 Å². The van der Waals surface area contributed by atoms with Gasteiger partial charge in [0.1, 0.15) is 5.76 Å². The molecule has 0 unspecified atom stereocenters. The van der Waals surface area contributed by atoms with Gasteiger partial charge in [-0.3, -0.25) is 14.4 Å². The van der Waals surface area contributed by atoms with E-state index in [0.29, 0.717) is 35.4 Å². The number of hydrogen-bond acceptors (Lipinski definition) is 4. The lowest BCUT2D eigenvalue weighted by Gasteiger charge is -2.25. The monoisotopic (exact) mass is 505 g/mol. The number of carboxylic acid groups (broad SMARTS) is 1. The Kier molecular flexibility index (Phi) is 7.51. The van der Waals surface area contributed by atoms with E-state index >= 15 is 0 Å². The number of aliphatic carboxylic acids is 1. The summed E-state index contributed by atoms with van der Waals surface area (Å²) in [4.78, 5) is 37.9. The summed E-state index contributed by atoms with van der Waals surface area (Å²) >= 11 is 9.34. The van der Waals surface area contributed by atoms with E-state index in [4.69, 9.17) is 16.7 Å². The van der Waals surface area contributed by atoms with Crippen molar-refractivity contribution in [1.29, 1.82) is 0 Å². The minimum atomic E-state index is -0.865. The maximum Gasteiger partial charge on any atom is 0.303 e. The Morgan fingerprint density at radius 2 is 1.61 bits per heavy atom. The smallest absolute Gasteiger partial charge is 0.303 e. The largest absolute Gasteiger partial charge is 0.507 e. The van der Waals surface area contributed by atoms with Crippen LogP contribution in [0, 0.1) is 0 Å². The molecule has 0 spiro atoms. The van der Waals surface area contributed by atoms with Crippen molar-refractivity contribution in [3.63, 3.8) is 0 Å². The SMILES string of the molecule is O=C(O)CCCCCN1C(=O)C(=O)/C(=C(/O)c2ccc(Br)cc2)[C@H]1c1ccc(Cl)cc1. The van der Waals surface area contributed by atoms with Crippen molar-refractivity contribution in [2.75, 3.05) is 6.54 Å². The summed E-state index contributed by atoms with van der Waals surface area (Å²) in [7, 11) is 0. The van der Waals surface area contributed by atoms with Gasteiger partial charge in [0.05, 0.1) is 11.6 Å². The molecular weight excluding hydrogens is 486 g/mol. The third-order valence-corrected chi connectivity index (χ3v) is 5.91. The summed E-state index contributed by atoms with van der Waals surface area (Å²) < 4.78 is 0.820. The third kappa shape index (κ3) is 5.35. The maximum atomic E-state index is 12.9. The highest BCUT2D eigenvalue weighted by molar-refractivity contribution is 9.10. The first-order valence-electron chi connectivity index (χ1n) is 9.81. The Morgan fingerprint density at radius 1 is 0.968 bits per heavy atom. The van der Waals surface area contributed by atoms with E-state index in [-0.39, 0.29) is 24.3 Å². The second-order valence-electron chi connectivity index (χ2n) is 7.26. The Morgan fingerprint density at radius 3 is 2.23 bits per heavy atom. The molecule has 0 aromatic heterocycles. The van der Waals surface area contributed by atoms with Gasteiger partial charge in [0.2, 0.25) is 0 Å². The fraction of sp³-hybridized carbons (Fsp3) is 0.261. The second kappa shape index (κ2) is 10.1. The topological polar surface area (TPSA) is 94.9 Å². The summed E-state index contributed by atoms with van der Waals surface area (Å²) in [5.74, 6) is -2.53. The van der Waals surface area contributed by atoms with Crippen LogP contribution in [0.15, 0.2) is 58.6 Å². The number of likely N-dealkylation sites (tertiary alicyclic amines) is 1. The molecule has 31 heavy (non-hydrogen) atoms. The zero-order valence-electron chi connectivity index (χ0n) is 16.6. The van der Waals surface area contributed by atoms with Crippen molar-refractivity contribution in [2.24, 2.45) is 0 Å². The number of halogens is 2. The molecule has 0 aliphatic carbocycles. The van der Waals surface area contributed by atoms with E-state index in [2.05, 4.69) is 15.9 Å². The number of aliphatic hydroxyl groups excluding tert-OH is 1. The third-order valence-electron chi connectivity index (χ3n) is 5.13. The average Bonchev–Trinajstić information content (AvgIpc) is 2.99. The quantitative estimate of drug-likeness (QED) is 0.223. The number of Topliss-reactive ketones (excluding diaryl/α,β-unsaturated/α-hetero) is 1. The van der Waals surface area contributed by atoms with Gasteiger partial charge in [-0.05, 0) is 42.7 Å².